The van der Waals surface area contributed by atoms with E-state index in [1.54, 1.807) is 11.3 Å². The first-order valence-corrected chi connectivity index (χ1v) is 8.93. The third-order valence-electron chi connectivity index (χ3n) is 3.50. The summed E-state index contributed by atoms with van der Waals surface area (Å²) >= 11 is 1.71. The summed E-state index contributed by atoms with van der Waals surface area (Å²) in [5, 5.41) is 10.9. The van der Waals surface area contributed by atoms with E-state index in [2.05, 4.69) is 82.6 Å². The molecular formula is C18H26N4S. The number of hydrogen-bond donors (Lipinski definition) is 2. The quantitative estimate of drug-likeness (QED) is 0.605. The molecule has 0 radical (unpaired) electrons. The van der Waals surface area contributed by atoms with Crippen molar-refractivity contribution < 1.29 is 0 Å². The molecule has 23 heavy (non-hydrogen) atoms. The lowest BCUT2D eigenvalue weighted by Crippen LogP contribution is -2.38. The van der Waals surface area contributed by atoms with Crippen LogP contribution in [0.25, 0.3) is 0 Å². The van der Waals surface area contributed by atoms with Crippen LogP contribution in [0.2, 0.25) is 0 Å². The molecule has 0 saturated heterocycles. The zero-order valence-corrected chi connectivity index (χ0v) is 15.0. The van der Waals surface area contributed by atoms with E-state index in [1.807, 2.05) is 0 Å². The van der Waals surface area contributed by atoms with Crippen LogP contribution in [0, 0.1) is 0 Å². The maximum Gasteiger partial charge on any atom is 0.191 e. The summed E-state index contributed by atoms with van der Waals surface area (Å²) in [6.45, 7) is 4.54. The number of anilines is 1. The second-order valence-electron chi connectivity index (χ2n) is 5.56. The lowest BCUT2D eigenvalue weighted by atomic mass is 10.1. The molecule has 0 spiro atoms. The number of rotatable bonds is 7. The van der Waals surface area contributed by atoms with Crippen LogP contribution >= 0.6 is 11.3 Å². The van der Waals surface area contributed by atoms with Gasteiger partial charge in [-0.1, -0.05) is 12.1 Å². The maximum atomic E-state index is 4.62. The van der Waals surface area contributed by atoms with Crippen molar-refractivity contribution in [3.05, 3.63) is 52.2 Å². The summed E-state index contributed by atoms with van der Waals surface area (Å²) in [7, 11) is 4.12. The molecule has 1 aromatic heterocycles. The van der Waals surface area contributed by atoms with Crippen LogP contribution in [-0.4, -0.2) is 33.1 Å². The third-order valence-corrected chi connectivity index (χ3v) is 4.23. The molecule has 0 fully saturated rings. The zero-order valence-electron chi connectivity index (χ0n) is 14.2. The molecule has 2 aromatic rings. The number of benzene rings is 1. The number of thiophene rings is 1. The lowest BCUT2D eigenvalue weighted by molar-refractivity contribution is 0.800. The summed E-state index contributed by atoms with van der Waals surface area (Å²) in [5.41, 5.74) is 3.82. The molecule has 1 aromatic carbocycles. The van der Waals surface area contributed by atoms with E-state index < -0.39 is 0 Å². The molecule has 0 unspecified atom stereocenters. The Bertz CT molecular complexity index is 588. The Kier molecular flexibility index (Phi) is 6.94. The Morgan fingerprint density at radius 2 is 1.87 bits per heavy atom. The Hall–Kier alpha value is -2.01. The van der Waals surface area contributed by atoms with Crippen LogP contribution < -0.4 is 15.5 Å². The van der Waals surface area contributed by atoms with Crippen molar-refractivity contribution in [2.24, 2.45) is 4.99 Å². The number of nitrogens with one attached hydrogen (secondary N) is 2. The Morgan fingerprint density at radius 1 is 1.09 bits per heavy atom. The van der Waals surface area contributed by atoms with E-state index >= 15 is 0 Å². The van der Waals surface area contributed by atoms with Gasteiger partial charge in [0.05, 0.1) is 6.54 Å². The van der Waals surface area contributed by atoms with E-state index in [1.165, 1.54) is 16.8 Å². The van der Waals surface area contributed by atoms with Gasteiger partial charge in [-0.25, -0.2) is 4.99 Å². The van der Waals surface area contributed by atoms with Crippen LogP contribution in [0.5, 0.6) is 0 Å². The van der Waals surface area contributed by atoms with Gasteiger partial charge in [-0.15, -0.1) is 0 Å². The molecule has 0 aliphatic rings. The molecule has 4 nitrogen and oxygen atoms in total. The van der Waals surface area contributed by atoms with Gasteiger partial charge in [-0.3, -0.25) is 0 Å². The highest BCUT2D eigenvalue weighted by Gasteiger charge is 2.00. The predicted molar refractivity (Wildman–Crippen MR) is 102 cm³/mol. The fraction of sp³-hybridized carbons (Fsp3) is 0.389. The minimum atomic E-state index is 0.719. The second-order valence-corrected chi connectivity index (χ2v) is 6.34. The van der Waals surface area contributed by atoms with Crippen LogP contribution in [0.1, 0.15) is 18.1 Å². The van der Waals surface area contributed by atoms with Gasteiger partial charge in [0, 0.05) is 32.9 Å². The van der Waals surface area contributed by atoms with Crippen molar-refractivity contribution in [2.75, 3.05) is 32.1 Å². The van der Waals surface area contributed by atoms with Crippen molar-refractivity contribution >= 4 is 23.0 Å². The highest BCUT2D eigenvalue weighted by atomic mass is 32.1. The molecule has 2 rings (SSSR count). The van der Waals surface area contributed by atoms with E-state index in [-0.39, 0.29) is 0 Å². The Balaban J connectivity index is 1.82. The minimum Gasteiger partial charge on any atom is -0.378 e. The smallest absolute Gasteiger partial charge is 0.191 e. The van der Waals surface area contributed by atoms with Gasteiger partial charge in [0.15, 0.2) is 5.96 Å². The molecule has 2 N–H and O–H groups in total. The molecule has 0 atom stereocenters. The first-order chi connectivity index (χ1) is 11.2. The van der Waals surface area contributed by atoms with Gasteiger partial charge in [-0.2, -0.15) is 11.3 Å². The van der Waals surface area contributed by atoms with Gasteiger partial charge < -0.3 is 15.5 Å². The van der Waals surface area contributed by atoms with Gasteiger partial charge >= 0.3 is 0 Å². The molecule has 0 aliphatic carbocycles. The average Bonchev–Trinajstić information content (AvgIpc) is 3.06. The van der Waals surface area contributed by atoms with Crippen molar-refractivity contribution in [1.82, 2.24) is 10.6 Å². The molecule has 0 amide bonds. The summed E-state index contributed by atoms with van der Waals surface area (Å²) in [6, 6.07) is 10.8. The summed E-state index contributed by atoms with van der Waals surface area (Å²) < 4.78 is 0. The summed E-state index contributed by atoms with van der Waals surface area (Å²) in [6.07, 6.45) is 0.983. The van der Waals surface area contributed by atoms with Crippen molar-refractivity contribution in [2.45, 2.75) is 19.9 Å². The maximum absolute atomic E-state index is 4.62. The number of nitrogens with zero attached hydrogens (tertiary/aromatic N) is 2. The molecule has 0 saturated carbocycles. The van der Waals surface area contributed by atoms with E-state index in [0.717, 1.165) is 32.0 Å². The number of guanidine groups is 1. The third kappa shape index (κ3) is 5.94. The van der Waals surface area contributed by atoms with Crippen molar-refractivity contribution in [3.63, 3.8) is 0 Å². The van der Waals surface area contributed by atoms with Crippen LogP contribution in [-0.2, 0) is 13.0 Å². The van der Waals surface area contributed by atoms with E-state index in [0.29, 0.717) is 0 Å². The van der Waals surface area contributed by atoms with E-state index in [4.69, 9.17) is 0 Å². The Labute approximate surface area is 143 Å². The van der Waals surface area contributed by atoms with Gasteiger partial charge in [0.1, 0.15) is 0 Å². The van der Waals surface area contributed by atoms with Gasteiger partial charge in [0.25, 0.3) is 0 Å². The molecule has 1 heterocycles. The average molecular weight is 331 g/mol. The summed E-state index contributed by atoms with van der Waals surface area (Å²) in [4.78, 5) is 6.73. The topological polar surface area (TPSA) is 39.7 Å². The molecule has 124 valence electrons. The monoisotopic (exact) mass is 330 g/mol. The minimum absolute atomic E-state index is 0.719. The number of aliphatic imine (C=N–C) groups is 1. The highest BCUT2D eigenvalue weighted by Crippen LogP contribution is 2.12. The zero-order chi connectivity index (χ0) is 16.5. The first-order valence-electron chi connectivity index (χ1n) is 7.98. The second kappa shape index (κ2) is 9.20. The fourth-order valence-electron chi connectivity index (χ4n) is 2.18. The Morgan fingerprint density at radius 3 is 2.48 bits per heavy atom. The van der Waals surface area contributed by atoms with Crippen molar-refractivity contribution in [1.29, 1.82) is 0 Å². The van der Waals surface area contributed by atoms with Crippen LogP contribution in [0.4, 0.5) is 5.69 Å². The normalized spacial score (nSPS) is 11.3. The van der Waals surface area contributed by atoms with Gasteiger partial charge in [-0.05, 0) is 53.4 Å². The first kappa shape index (κ1) is 17.3. The highest BCUT2D eigenvalue weighted by molar-refractivity contribution is 7.07. The predicted octanol–water partition coefficient (Wildman–Crippen LogP) is 3.11. The largest absolute Gasteiger partial charge is 0.378 e. The molecule has 0 bridgehead atoms. The standard InChI is InChI=1S/C18H26N4S/c1-4-19-18(21-13-16-10-12-23-14-16)20-11-9-15-5-7-17(8-6-15)22(2)3/h5-8,10,12,14H,4,9,11,13H2,1-3H3,(H2,19,20,21). The molecule has 0 aliphatic heterocycles. The molecule has 5 heteroatoms. The van der Waals surface area contributed by atoms with Crippen LogP contribution in [0.15, 0.2) is 46.1 Å². The molecular weight excluding hydrogens is 304 g/mol. The van der Waals surface area contributed by atoms with E-state index in [9.17, 15) is 0 Å². The SMILES string of the molecule is CCNC(=NCc1ccsc1)NCCc1ccc(N(C)C)cc1. The van der Waals surface area contributed by atoms with Gasteiger partial charge in [0.2, 0.25) is 0 Å². The number of hydrogen-bond acceptors (Lipinski definition) is 3. The lowest BCUT2D eigenvalue weighted by Gasteiger charge is -2.13. The van der Waals surface area contributed by atoms with Crippen LogP contribution in [0.3, 0.4) is 0 Å². The fourth-order valence-corrected chi connectivity index (χ4v) is 2.84. The summed E-state index contributed by atoms with van der Waals surface area (Å²) in [5.74, 6) is 0.878. The van der Waals surface area contributed by atoms with Crippen molar-refractivity contribution in [3.8, 4) is 0 Å².